The first kappa shape index (κ1) is 15.9. The molecule has 6 heteroatoms. The Bertz CT molecular complexity index is 644. The largest absolute Gasteiger partial charge is 0.357 e. The molecule has 0 unspecified atom stereocenters. The number of aromatic nitrogens is 1. The Morgan fingerprint density at radius 2 is 1.86 bits per heavy atom. The topological polar surface area (TPSA) is 49.3 Å². The van der Waals surface area contributed by atoms with Gasteiger partial charge in [0.1, 0.15) is 11.6 Å². The zero-order valence-electron chi connectivity index (χ0n) is 12.3. The van der Waals surface area contributed by atoms with Crippen LogP contribution in [-0.2, 0) is 13.1 Å². The Morgan fingerprint density at radius 1 is 1.09 bits per heavy atom. The second-order valence-electron chi connectivity index (χ2n) is 4.57. The Morgan fingerprint density at radius 3 is 2.59 bits per heavy atom. The number of guanidine groups is 1. The molecule has 116 valence electrons. The first-order chi connectivity index (χ1) is 10.7. The molecule has 0 radical (unpaired) electrons. The molecule has 0 fully saturated rings. The van der Waals surface area contributed by atoms with E-state index in [-0.39, 0.29) is 24.7 Å². The van der Waals surface area contributed by atoms with Crippen LogP contribution in [0, 0.1) is 11.6 Å². The van der Waals surface area contributed by atoms with E-state index in [1.165, 1.54) is 24.4 Å². The van der Waals surface area contributed by atoms with Crippen molar-refractivity contribution in [2.75, 3.05) is 6.54 Å². The molecular formula is C16H18F2N4. The number of hydrogen-bond acceptors (Lipinski definition) is 2. The predicted octanol–water partition coefficient (Wildman–Crippen LogP) is 2.62. The summed E-state index contributed by atoms with van der Waals surface area (Å²) in [5.41, 5.74) is 0.808. The molecule has 0 saturated heterocycles. The number of nitrogens with one attached hydrogen (secondary N) is 2. The molecule has 0 spiro atoms. The van der Waals surface area contributed by atoms with Crippen molar-refractivity contribution in [3.8, 4) is 0 Å². The molecule has 0 aliphatic rings. The molecule has 1 heterocycles. The van der Waals surface area contributed by atoms with E-state index < -0.39 is 0 Å². The van der Waals surface area contributed by atoms with Gasteiger partial charge in [0, 0.05) is 18.3 Å². The quantitative estimate of drug-likeness (QED) is 0.659. The van der Waals surface area contributed by atoms with Gasteiger partial charge in [-0.05, 0) is 25.1 Å². The lowest BCUT2D eigenvalue weighted by Crippen LogP contribution is -2.37. The zero-order valence-corrected chi connectivity index (χ0v) is 12.3. The van der Waals surface area contributed by atoms with Crippen molar-refractivity contribution in [2.45, 2.75) is 20.0 Å². The minimum atomic E-state index is -0.375. The molecule has 0 atom stereocenters. The maximum atomic E-state index is 13.6. The second kappa shape index (κ2) is 8.07. The summed E-state index contributed by atoms with van der Waals surface area (Å²) in [6, 6.07) is 9.37. The lowest BCUT2D eigenvalue weighted by molar-refractivity contribution is 0.592. The highest BCUT2D eigenvalue weighted by Gasteiger charge is 2.05. The van der Waals surface area contributed by atoms with Crippen LogP contribution in [0.1, 0.15) is 18.2 Å². The molecule has 0 aliphatic carbocycles. The highest BCUT2D eigenvalue weighted by atomic mass is 19.1. The first-order valence-electron chi connectivity index (χ1n) is 7.05. The third kappa shape index (κ3) is 4.51. The van der Waals surface area contributed by atoms with Crippen molar-refractivity contribution in [2.24, 2.45) is 4.99 Å². The molecule has 0 aliphatic heterocycles. The average molecular weight is 304 g/mol. The Hall–Kier alpha value is -2.50. The summed E-state index contributed by atoms with van der Waals surface area (Å²) in [6.45, 7) is 2.97. The fraction of sp³-hybridized carbons (Fsp3) is 0.250. The van der Waals surface area contributed by atoms with Crippen LogP contribution in [0.4, 0.5) is 8.78 Å². The normalized spacial score (nSPS) is 11.3. The van der Waals surface area contributed by atoms with Crippen LogP contribution in [0.25, 0.3) is 0 Å². The molecule has 0 amide bonds. The minimum Gasteiger partial charge on any atom is -0.357 e. The number of rotatable bonds is 5. The molecule has 1 aromatic carbocycles. The monoisotopic (exact) mass is 304 g/mol. The summed E-state index contributed by atoms with van der Waals surface area (Å²) < 4.78 is 27.1. The molecule has 1 aromatic heterocycles. The van der Waals surface area contributed by atoms with Crippen molar-refractivity contribution in [1.29, 1.82) is 0 Å². The summed E-state index contributed by atoms with van der Waals surface area (Å²) in [4.78, 5) is 8.26. The maximum absolute atomic E-state index is 13.6. The van der Waals surface area contributed by atoms with Gasteiger partial charge in [0.05, 0.1) is 18.8 Å². The van der Waals surface area contributed by atoms with Crippen LogP contribution in [0.15, 0.2) is 47.6 Å². The Kier molecular flexibility index (Phi) is 5.82. The van der Waals surface area contributed by atoms with Gasteiger partial charge < -0.3 is 10.6 Å². The van der Waals surface area contributed by atoms with E-state index in [9.17, 15) is 8.78 Å². The van der Waals surface area contributed by atoms with Crippen LogP contribution < -0.4 is 10.6 Å². The smallest absolute Gasteiger partial charge is 0.191 e. The molecule has 2 N–H and O–H groups in total. The third-order valence-electron chi connectivity index (χ3n) is 2.97. The lowest BCUT2D eigenvalue weighted by Gasteiger charge is -2.11. The summed E-state index contributed by atoms with van der Waals surface area (Å²) in [6.07, 6.45) is 1.53. The summed E-state index contributed by atoms with van der Waals surface area (Å²) >= 11 is 0. The van der Waals surface area contributed by atoms with E-state index >= 15 is 0 Å². The molecule has 2 rings (SSSR count). The maximum Gasteiger partial charge on any atom is 0.191 e. The van der Waals surface area contributed by atoms with Crippen LogP contribution in [0.2, 0.25) is 0 Å². The van der Waals surface area contributed by atoms with Gasteiger partial charge in [-0.1, -0.05) is 18.2 Å². The Labute approximate surface area is 128 Å². The van der Waals surface area contributed by atoms with Crippen LogP contribution in [-0.4, -0.2) is 17.5 Å². The van der Waals surface area contributed by atoms with E-state index in [0.717, 1.165) is 0 Å². The van der Waals surface area contributed by atoms with Crippen LogP contribution >= 0.6 is 0 Å². The lowest BCUT2D eigenvalue weighted by atomic mass is 10.2. The van der Waals surface area contributed by atoms with Gasteiger partial charge in [-0.3, -0.25) is 4.98 Å². The summed E-state index contributed by atoms with van der Waals surface area (Å²) in [7, 11) is 0. The number of hydrogen-bond donors (Lipinski definition) is 2. The van der Waals surface area contributed by atoms with Gasteiger partial charge in [-0.2, -0.15) is 0 Å². The summed E-state index contributed by atoms with van der Waals surface area (Å²) in [5.74, 6) is -0.186. The number of nitrogens with zero attached hydrogens (tertiary/aromatic N) is 2. The fourth-order valence-corrected chi connectivity index (χ4v) is 1.85. The van der Waals surface area contributed by atoms with E-state index in [1.54, 1.807) is 18.2 Å². The highest BCUT2D eigenvalue weighted by Crippen LogP contribution is 2.07. The van der Waals surface area contributed by atoms with Crippen molar-refractivity contribution in [1.82, 2.24) is 15.6 Å². The fourth-order valence-electron chi connectivity index (χ4n) is 1.85. The Balaban J connectivity index is 2.02. The van der Waals surface area contributed by atoms with Crippen molar-refractivity contribution >= 4 is 5.96 Å². The highest BCUT2D eigenvalue weighted by molar-refractivity contribution is 5.79. The molecule has 22 heavy (non-hydrogen) atoms. The van der Waals surface area contributed by atoms with E-state index in [1.807, 2.05) is 6.92 Å². The second-order valence-corrected chi connectivity index (χ2v) is 4.57. The van der Waals surface area contributed by atoms with Gasteiger partial charge in [0.2, 0.25) is 0 Å². The summed E-state index contributed by atoms with van der Waals surface area (Å²) in [5, 5.41) is 6.01. The number of pyridine rings is 1. The molecule has 0 bridgehead atoms. The van der Waals surface area contributed by atoms with Gasteiger partial charge in [0.25, 0.3) is 0 Å². The van der Waals surface area contributed by atoms with Gasteiger partial charge in [-0.15, -0.1) is 0 Å². The van der Waals surface area contributed by atoms with Crippen LogP contribution in [0.5, 0.6) is 0 Å². The molecular weight excluding hydrogens is 286 g/mol. The number of aliphatic imine (C=N–C) groups is 1. The molecule has 0 saturated carbocycles. The SMILES string of the molecule is CCNC(=NCc1ccccc1F)NCc1ncccc1F. The molecule has 4 nitrogen and oxygen atoms in total. The molecule has 2 aromatic rings. The van der Waals surface area contributed by atoms with Crippen LogP contribution in [0.3, 0.4) is 0 Å². The van der Waals surface area contributed by atoms with E-state index in [4.69, 9.17) is 0 Å². The first-order valence-corrected chi connectivity index (χ1v) is 7.05. The van der Waals surface area contributed by atoms with Crippen molar-refractivity contribution < 1.29 is 8.78 Å². The van der Waals surface area contributed by atoms with Gasteiger partial charge in [-0.25, -0.2) is 13.8 Å². The minimum absolute atomic E-state index is 0.201. The van der Waals surface area contributed by atoms with Crippen molar-refractivity contribution in [3.63, 3.8) is 0 Å². The van der Waals surface area contributed by atoms with E-state index in [2.05, 4.69) is 20.6 Å². The third-order valence-corrected chi connectivity index (χ3v) is 2.97. The van der Waals surface area contributed by atoms with Gasteiger partial charge in [0.15, 0.2) is 5.96 Å². The van der Waals surface area contributed by atoms with E-state index in [0.29, 0.717) is 23.8 Å². The van der Waals surface area contributed by atoms with Crippen molar-refractivity contribution in [3.05, 3.63) is 65.5 Å². The number of benzene rings is 1. The standard InChI is InChI=1S/C16H18F2N4/c1-2-19-16(21-10-12-6-3-4-7-13(12)17)22-11-15-14(18)8-5-9-20-15/h3-9H,2,10-11H2,1H3,(H2,19,21,22). The van der Waals surface area contributed by atoms with Gasteiger partial charge >= 0.3 is 0 Å². The average Bonchev–Trinajstić information content (AvgIpc) is 2.53. The number of halogens is 2. The predicted molar refractivity (Wildman–Crippen MR) is 82.3 cm³/mol. The zero-order chi connectivity index (χ0) is 15.8.